The van der Waals surface area contributed by atoms with Gasteiger partial charge in [-0.25, -0.2) is 4.98 Å². The standard InChI is InChI=1S/C11H19N3S/c1-4-10-7-15-11(13-10)14-5-8(2)12-9(3)6-14/h7-9,12H,4-6H2,1-3H3. The van der Waals surface area contributed by atoms with Crippen molar-refractivity contribution in [2.24, 2.45) is 0 Å². The molecule has 1 saturated heterocycles. The monoisotopic (exact) mass is 225 g/mol. The Morgan fingerprint density at radius 2 is 2.13 bits per heavy atom. The molecule has 0 bridgehead atoms. The highest BCUT2D eigenvalue weighted by atomic mass is 32.1. The maximum absolute atomic E-state index is 4.64. The molecule has 1 aromatic heterocycles. The van der Waals surface area contributed by atoms with Gasteiger partial charge in [-0.1, -0.05) is 6.92 Å². The summed E-state index contributed by atoms with van der Waals surface area (Å²) < 4.78 is 0. The molecule has 2 rings (SSSR count). The highest BCUT2D eigenvalue weighted by Gasteiger charge is 2.22. The fraction of sp³-hybridized carbons (Fsp3) is 0.727. The lowest BCUT2D eigenvalue weighted by molar-refractivity contribution is 0.406. The zero-order chi connectivity index (χ0) is 10.8. The minimum absolute atomic E-state index is 0.558. The maximum Gasteiger partial charge on any atom is 0.185 e. The molecule has 0 amide bonds. The number of nitrogens with one attached hydrogen (secondary N) is 1. The van der Waals surface area contributed by atoms with Gasteiger partial charge in [0.05, 0.1) is 5.69 Å². The third-order valence-electron chi connectivity index (χ3n) is 2.73. The van der Waals surface area contributed by atoms with Crippen LogP contribution in [0, 0.1) is 0 Å². The first-order valence-corrected chi connectivity index (χ1v) is 6.52. The molecule has 0 aromatic carbocycles. The normalized spacial score (nSPS) is 27.0. The van der Waals surface area contributed by atoms with Gasteiger partial charge in [0.25, 0.3) is 0 Å². The molecule has 2 heterocycles. The van der Waals surface area contributed by atoms with Crippen LogP contribution in [0.4, 0.5) is 5.13 Å². The van der Waals surface area contributed by atoms with Gasteiger partial charge < -0.3 is 10.2 Å². The first-order valence-electron chi connectivity index (χ1n) is 5.64. The zero-order valence-electron chi connectivity index (χ0n) is 9.66. The van der Waals surface area contributed by atoms with Crippen LogP contribution >= 0.6 is 11.3 Å². The fourth-order valence-corrected chi connectivity index (χ4v) is 3.02. The number of anilines is 1. The number of hydrogen-bond acceptors (Lipinski definition) is 4. The summed E-state index contributed by atoms with van der Waals surface area (Å²) in [4.78, 5) is 7.04. The summed E-state index contributed by atoms with van der Waals surface area (Å²) in [5.41, 5.74) is 1.22. The van der Waals surface area contributed by atoms with E-state index in [-0.39, 0.29) is 0 Å². The Balaban J connectivity index is 2.09. The van der Waals surface area contributed by atoms with E-state index < -0.39 is 0 Å². The minimum atomic E-state index is 0.558. The van der Waals surface area contributed by atoms with Crippen molar-refractivity contribution in [3.05, 3.63) is 11.1 Å². The van der Waals surface area contributed by atoms with E-state index in [4.69, 9.17) is 0 Å². The third kappa shape index (κ3) is 2.49. The van der Waals surface area contributed by atoms with Crippen molar-refractivity contribution >= 4 is 16.5 Å². The molecule has 1 fully saturated rings. The lowest BCUT2D eigenvalue weighted by Crippen LogP contribution is -2.54. The predicted molar refractivity (Wildman–Crippen MR) is 65.8 cm³/mol. The molecular formula is C11H19N3S. The molecule has 84 valence electrons. The van der Waals surface area contributed by atoms with Crippen molar-refractivity contribution in [3.8, 4) is 0 Å². The number of thiazole rings is 1. The lowest BCUT2D eigenvalue weighted by atomic mass is 10.2. The average Bonchev–Trinajstić information content (AvgIpc) is 2.64. The number of aromatic nitrogens is 1. The fourth-order valence-electron chi connectivity index (χ4n) is 2.09. The van der Waals surface area contributed by atoms with Gasteiger partial charge in [0.15, 0.2) is 5.13 Å². The van der Waals surface area contributed by atoms with Gasteiger partial charge in [-0.15, -0.1) is 11.3 Å². The van der Waals surface area contributed by atoms with Crippen molar-refractivity contribution in [1.29, 1.82) is 0 Å². The van der Waals surface area contributed by atoms with Gasteiger partial charge >= 0.3 is 0 Å². The van der Waals surface area contributed by atoms with Gasteiger partial charge in [-0.3, -0.25) is 0 Å². The summed E-state index contributed by atoms with van der Waals surface area (Å²) >= 11 is 1.77. The summed E-state index contributed by atoms with van der Waals surface area (Å²) in [5.74, 6) is 0. The third-order valence-corrected chi connectivity index (χ3v) is 3.68. The van der Waals surface area contributed by atoms with E-state index >= 15 is 0 Å². The second-order valence-corrected chi connectivity index (χ2v) is 5.19. The van der Waals surface area contributed by atoms with Gasteiger partial charge in [0.1, 0.15) is 0 Å². The van der Waals surface area contributed by atoms with Gasteiger partial charge in [-0.2, -0.15) is 0 Å². The van der Waals surface area contributed by atoms with Crippen LogP contribution in [-0.4, -0.2) is 30.2 Å². The molecule has 15 heavy (non-hydrogen) atoms. The molecule has 1 aliphatic heterocycles. The number of nitrogens with zero attached hydrogens (tertiary/aromatic N) is 2. The van der Waals surface area contributed by atoms with Gasteiger partial charge in [0.2, 0.25) is 0 Å². The van der Waals surface area contributed by atoms with E-state index in [1.807, 2.05) is 0 Å². The topological polar surface area (TPSA) is 28.2 Å². The van der Waals surface area contributed by atoms with Crippen molar-refractivity contribution in [2.75, 3.05) is 18.0 Å². The average molecular weight is 225 g/mol. The molecule has 0 saturated carbocycles. The van der Waals surface area contributed by atoms with Gasteiger partial charge in [-0.05, 0) is 20.3 Å². The summed E-state index contributed by atoms with van der Waals surface area (Å²) in [6.45, 7) is 8.76. The lowest BCUT2D eigenvalue weighted by Gasteiger charge is -2.35. The summed E-state index contributed by atoms with van der Waals surface area (Å²) in [6.07, 6.45) is 1.04. The predicted octanol–water partition coefficient (Wildman–Crippen LogP) is 1.89. The maximum atomic E-state index is 4.64. The smallest absolute Gasteiger partial charge is 0.185 e. The van der Waals surface area contributed by atoms with Crippen molar-refractivity contribution in [1.82, 2.24) is 10.3 Å². The first kappa shape index (κ1) is 10.9. The van der Waals surface area contributed by atoms with Crippen LogP contribution in [0.15, 0.2) is 5.38 Å². The van der Waals surface area contributed by atoms with Gasteiger partial charge in [0, 0.05) is 30.6 Å². The first-order chi connectivity index (χ1) is 7.19. The van der Waals surface area contributed by atoms with E-state index in [0.29, 0.717) is 12.1 Å². The summed E-state index contributed by atoms with van der Waals surface area (Å²) in [5, 5.41) is 6.90. The van der Waals surface area contributed by atoms with Crippen molar-refractivity contribution in [3.63, 3.8) is 0 Å². The Morgan fingerprint density at radius 3 is 2.67 bits per heavy atom. The second-order valence-electron chi connectivity index (χ2n) is 4.35. The van der Waals surface area contributed by atoms with E-state index in [1.165, 1.54) is 10.8 Å². The van der Waals surface area contributed by atoms with Crippen molar-refractivity contribution in [2.45, 2.75) is 39.3 Å². The second kappa shape index (κ2) is 4.49. The van der Waals surface area contributed by atoms with Crippen LogP contribution < -0.4 is 10.2 Å². The Labute approximate surface area is 95.5 Å². The van der Waals surface area contributed by atoms with Crippen LogP contribution in [0.3, 0.4) is 0 Å². The Hall–Kier alpha value is -0.610. The van der Waals surface area contributed by atoms with E-state index in [9.17, 15) is 0 Å². The van der Waals surface area contributed by atoms with Crippen LogP contribution in [0.2, 0.25) is 0 Å². The molecule has 1 aromatic rings. The van der Waals surface area contributed by atoms with E-state index in [1.54, 1.807) is 11.3 Å². The Kier molecular flexibility index (Phi) is 3.26. The van der Waals surface area contributed by atoms with Crippen LogP contribution in [0.5, 0.6) is 0 Å². The van der Waals surface area contributed by atoms with Crippen molar-refractivity contribution < 1.29 is 0 Å². The highest BCUT2D eigenvalue weighted by Crippen LogP contribution is 2.22. The molecule has 0 spiro atoms. The number of hydrogen-bond donors (Lipinski definition) is 1. The van der Waals surface area contributed by atoms with E-state index in [2.05, 4.69) is 41.4 Å². The van der Waals surface area contributed by atoms with Crippen LogP contribution in [-0.2, 0) is 6.42 Å². The number of rotatable bonds is 2. The van der Waals surface area contributed by atoms with Crippen LogP contribution in [0.1, 0.15) is 26.5 Å². The summed E-state index contributed by atoms with van der Waals surface area (Å²) in [7, 11) is 0. The van der Waals surface area contributed by atoms with E-state index in [0.717, 1.165) is 19.5 Å². The molecule has 2 atom stereocenters. The molecule has 2 unspecified atom stereocenters. The Bertz CT molecular complexity index is 313. The number of piperazine rings is 1. The molecular weight excluding hydrogens is 206 g/mol. The molecule has 4 heteroatoms. The SMILES string of the molecule is CCc1csc(N2CC(C)NC(C)C2)n1. The van der Waals surface area contributed by atoms with Crippen LogP contribution in [0.25, 0.3) is 0 Å². The number of aryl methyl sites for hydroxylation is 1. The quantitative estimate of drug-likeness (QED) is 0.833. The molecule has 3 nitrogen and oxygen atoms in total. The zero-order valence-corrected chi connectivity index (χ0v) is 10.5. The largest absolute Gasteiger partial charge is 0.345 e. The molecule has 0 radical (unpaired) electrons. The molecule has 1 N–H and O–H groups in total. The molecule has 1 aliphatic rings. The summed E-state index contributed by atoms with van der Waals surface area (Å²) in [6, 6.07) is 1.12. The Morgan fingerprint density at radius 1 is 1.47 bits per heavy atom. The minimum Gasteiger partial charge on any atom is -0.345 e. The molecule has 0 aliphatic carbocycles. The highest BCUT2D eigenvalue weighted by molar-refractivity contribution is 7.13.